The number of hydrogen-bond acceptors (Lipinski definition) is 26. The number of phenols is 1. The van der Waals surface area contributed by atoms with Crippen LogP contribution in [0.4, 0.5) is 0 Å². The maximum absolute atomic E-state index is 14.8. The second-order valence-corrected chi connectivity index (χ2v) is 33.9. The van der Waals surface area contributed by atoms with E-state index in [1.807, 2.05) is 6.26 Å². The number of carboxylic acid groups (broad SMARTS) is 3. The second kappa shape index (κ2) is 53.2. The van der Waals surface area contributed by atoms with Gasteiger partial charge in [-0.1, -0.05) is 73.9 Å². The summed E-state index contributed by atoms with van der Waals surface area (Å²) in [6.07, 6.45) is -4.10. The summed E-state index contributed by atoms with van der Waals surface area (Å²) in [7, 11) is 0. The molecule has 0 aliphatic carbocycles. The Hall–Kier alpha value is -11.0. The number of guanidine groups is 1. The molecule has 1 aromatic rings. The summed E-state index contributed by atoms with van der Waals surface area (Å²) >= 11 is 2.26. The predicted molar refractivity (Wildman–Crippen MR) is 451 cm³/mol. The van der Waals surface area contributed by atoms with Crippen molar-refractivity contribution < 1.29 is 122 Å². The molecule has 0 radical (unpaired) electrons. The minimum Gasteiger partial charge on any atom is -0.508 e. The van der Waals surface area contributed by atoms with E-state index in [9.17, 15) is 122 Å². The molecule has 1 aromatic carbocycles. The number of rotatable bonds is 56. The summed E-state index contributed by atoms with van der Waals surface area (Å²) in [5.74, 6) is -23.4. The molecule has 44 nitrogen and oxygen atoms in total. The lowest BCUT2D eigenvalue weighted by Crippen LogP contribution is -2.62. The van der Waals surface area contributed by atoms with Crippen LogP contribution in [0.25, 0.3) is 0 Å². The Bertz CT molecular complexity index is 3930. The van der Waals surface area contributed by atoms with Gasteiger partial charge in [0.05, 0.1) is 36.8 Å². The highest BCUT2D eigenvalue weighted by atomic mass is 32.2. The van der Waals surface area contributed by atoms with Gasteiger partial charge in [-0.25, -0.2) is 4.79 Å². The Morgan fingerprint density at radius 1 is 0.548 bits per heavy atom. The highest BCUT2D eigenvalue weighted by Crippen LogP contribution is 2.27. The van der Waals surface area contributed by atoms with Gasteiger partial charge in [-0.15, -0.1) is 11.8 Å². The first-order valence-corrected chi connectivity index (χ1v) is 43.3. The van der Waals surface area contributed by atoms with Crippen LogP contribution in [0.15, 0.2) is 29.3 Å². The second-order valence-electron chi connectivity index (χ2n) is 31.7. The van der Waals surface area contributed by atoms with Crippen LogP contribution in [0.2, 0.25) is 0 Å². The normalized spacial score (nSPS) is 17.5. The zero-order chi connectivity index (χ0) is 93.7. The largest absolute Gasteiger partial charge is 0.508 e. The molecule has 0 saturated carbocycles. The number of aliphatic hydroxyl groups is 2. The van der Waals surface area contributed by atoms with Crippen molar-refractivity contribution in [1.29, 1.82) is 0 Å². The Labute approximate surface area is 726 Å². The topological polar surface area (TPSA) is 713 Å². The summed E-state index contributed by atoms with van der Waals surface area (Å²) in [5, 5.41) is 89.7. The third-order valence-corrected chi connectivity index (χ3v) is 21.9. The Morgan fingerprint density at radius 2 is 1.01 bits per heavy atom. The van der Waals surface area contributed by atoms with Crippen LogP contribution in [0.5, 0.6) is 5.75 Å². The van der Waals surface area contributed by atoms with Crippen LogP contribution < -0.4 is 86.7 Å². The minimum atomic E-state index is -2.20. The first kappa shape index (κ1) is 107. The van der Waals surface area contributed by atoms with Crippen LogP contribution >= 0.6 is 23.5 Å². The number of aliphatic imine (C=N–C) groups is 1. The minimum absolute atomic E-state index is 0.00831. The van der Waals surface area contributed by atoms with Gasteiger partial charge in [-0.05, 0) is 125 Å². The van der Waals surface area contributed by atoms with Crippen molar-refractivity contribution in [3.8, 4) is 5.75 Å². The molecule has 2 aliphatic heterocycles. The number of benzene rings is 1. The SMILES string of the molecule is CC[C@H](C)[C@H](NC(=O)[C@H](CC(C)C)NC(=O)[C@H](CO)NC(=O)[C@H](CC(C)C)NC(=O)[C@H](Cc1ccc(O)cc1)NC(=O)[C@H](CC(=O)O)NC(=O)[C@H](CCC(=O)O)NC(=O)[C@@H](NC(=O)[C@H](CSC1CC(=O)N(CC)C1=O)NC(=O)[C@@H]1CCCN1C(=O)[C@@H](N)CCSC)[C@@H](C)O)C(=O)N[C@@H](CC(C)C)C(=O)N[C@@H](CC(N)=O)C(=O)N[C@@H](CCCN=C(N)N)C(=O)O. The number of hydrogen-bond donors (Lipinski definition) is 22. The molecule has 46 heteroatoms. The smallest absolute Gasteiger partial charge is 0.326 e. The fourth-order valence-electron chi connectivity index (χ4n) is 13.2. The lowest BCUT2D eigenvalue weighted by Gasteiger charge is -2.30. The van der Waals surface area contributed by atoms with Crippen LogP contribution in [0.1, 0.15) is 165 Å². The van der Waals surface area contributed by atoms with E-state index in [-0.39, 0.29) is 107 Å². The first-order chi connectivity index (χ1) is 58.2. The highest BCUT2D eigenvalue weighted by Gasteiger charge is 2.44. The van der Waals surface area contributed by atoms with Gasteiger partial charge >= 0.3 is 17.9 Å². The average molecular weight is 1790 g/mol. The van der Waals surface area contributed by atoms with Gasteiger partial charge in [0.25, 0.3) is 0 Å². The quantitative estimate of drug-likeness (QED) is 0.0125. The molecule has 2 saturated heterocycles. The number of amides is 16. The summed E-state index contributed by atoms with van der Waals surface area (Å²) in [5.41, 5.74) is 22.5. The van der Waals surface area contributed by atoms with E-state index in [1.165, 1.54) is 40.9 Å². The lowest BCUT2D eigenvalue weighted by atomic mass is 9.95. The molecule has 0 spiro atoms. The number of carbonyl (C=O) groups excluding carboxylic acids is 16. The van der Waals surface area contributed by atoms with E-state index in [2.05, 4.69) is 68.8 Å². The molecule has 0 bridgehead atoms. The Balaban J connectivity index is 1.97. The van der Waals surface area contributed by atoms with Crippen molar-refractivity contribution in [3.63, 3.8) is 0 Å². The molecule has 2 aliphatic rings. The number of nitrogens with zero attached hydrogens (tertiary/aromatic N) is 3. The van der Waals surface area contributed by atoms with Gasteiger partial charge in [0, 0.05) is 44.6 Å². The first-order valence-electron chi connectivity index (χ1n) is 40.9. The van der Waals surface area contributed by atoms with Gasteiger partial charge in [0.1, 0.15) is 84.3 Å². The Kier molecular flexibility index (Phi) is 46.0. The van der Waals surface area contributed by atoms with Crippen molar-refractivity contribution in [3.05, 3.63) is 29.8 Å². The van der Waals surface area contributed by atoms with Crippen LogP contribution in [0.3, 0.4) is 0 Å². The average Bonchev–Trinajstić information content (AvgIpc) is 1.56. The molecule has 2 heterocycles. The maximum atomic E-state index is 14.8. The lowest BCUT2D eigenvalue weighted by molar-refractivity contribution is -0.143. The number of likely N-dealkylation sites (tertiary alicyclic amines) is 2. The van der Waals surface area contributed by atoms with E-state index < -0.39 is 265 Å². The molecule has 694 valence electrons. The number of carbonyl (C=O) groups is 19. The summed E-state index contributed by atoms with van der Waals surface area (Å²) < 4.78 is 0. The summed E-state index contributed by atoms with van der Waals surface area (Å²) in [6.45, 7) is 14.9. The van der Waals surface area contributed by atoms with E-state index in [0.29, 0.717) is 12.2 Å². The number of carboxylic acids is 3. The van der Waals surface area contributed by atoms with E-state index in [1.54, 1.807) is 62.3 Å². The summed E-state index contributed by atoms with van der Waals surface area (Å²) in [6, 6.07) is -18.1. The molecule has 17 atom stereocenters. The van der Waals surface area contributed by atoms with E-state index in [4.69, 9.17) is 22.9 Å². The molecule has 16 amide bonds. The van der Waals surface area contributed by atoms with Crippen LogP contribution in [-0.4, -0.2) is 299 Å². The molecule has 3 rings (SSSR count). The Morgan fingerprint density at radius 3 is 1.49 bits per heavy atom. The number of imide groups is 1. The standard InChI is InChI=1S/C78H125N19O25S2/c1-12-40(9)61(73(117)91-48(29-38(5)6)64(108)89-51(32-57(80)101)67(111)85-46(77(121)122)16-14-25-83-78(81)82)94-69(113)49(30-39(7)8)87-70(114)53(35-98)92-65(109)47(28-37(3)4)86-66(110)50(31-42-18-20-43(100)21-19-42)88-68(112)52(33-60(105)106)90-63(107)45(22-23-59(103)104)84-74(118)62(41(10)99)95-71(115)54(36-124-56-34-58(102)96(13-2)76(56)120)93-72(116)55-17-15-26-97(55)75(119)44(79)24-27-123-11/h18-21,37-41,44-56,61-62,98-100H,12-17,22-36,79H2,1-11H3,(H2,80,101)(H,84,118)(H,85,111)(H,86,110)(H,87,114)(H,88,112)(H,89,108)(H,90,107)(H,91,117)(H,92,109)(H,93,116)(H,94,113)(H,95,115)(H,103,104)(H,105,106)(H,121,122)(H4,81,82,83)/t40-,41+,44-,45-,46-,47-,48-,49-,50-,51-,52-,53-,54-,55-,56?,61-,62-/m0/s1. The molecule has 0 aromatic heterocycles. The number of primary amides is 1. The van der Waals surface area contributed by atoms with E-state index in [0.717, 1.165) is 23.6 Å². The number of aliphatic carboxylic acids is 3. The summed E-state index contributed by atoms with van der Waals surface area (Å²) in [4.78, 5) is 267. The third kappa shape index (κ3) is 36.4. The van der Waals surface area contributed by atoms with Gasteiger partial charge in [0.15, 0.2) is 5.96 Å². The van der Waals surface area contributed by atoms with Gasteiger partial charge < -0.3 is 122 Å². The molecule has 124 heavy (non-hydrogen) atoms. The number of nitrogens with one attached hydrogen (secondary N) is 12. The monoisotopic (exact) mass is 1790 g/mol. The zero-order valence-electron chi connectivity index (χ0n) is 71.6. The number of aliphatic hydroxyl groups excluding tert-OH is 2. The van der Waals surface area contributed by atoms with E-state index >= 15 is 0 Å². The van der Waals surface area contributed by atoms with Gasteiger partial charge in [-0.3, -0.25) is 96.2 Å². The van der Waals surface area contributed by atoms with Crippen molar-refractivity contribution in [2.75, 3.05) is 44.0 Å². The predicted octanol–water partition coefficient (Wildman–Crippen LogP) is -5.39. The number of thioether (sulfide) groups is 2. The van der Waals surface area contributed by atoms with Crippen LogP contribution in [-0.2, 0) is 97.5 Å². The van der Waals surface area contributed by atoms with Gasteiger partial charge in [-0.2, -0.15) is 11.8 Å². The van der Waals surface area contributed by atoms with Crippen molar-refractivity contribution >= 4 is 142 Å². The van der Waals surface area contributed by atoms with Crippen LogP contribution in [0, 0.1) is 23.7 Å². The number of nitrogens with two attached hydrogens (primary N) is 4. The third-order valence-electron chi connectivity index (χ3n) is 20.0. The fraction of sp³-hybridized carbons (Fsp3) is 0.667. The molecule has 1 unspecified atom stereocenters. The maximum Gasteiger partial charge on any atom is 0.326 e. The van der Waals surface area contributed by atoms with Crippen molar-refractivity contribution in [1.82, 2.24) is 73.6 Å². The fourth-order valence-corrected chi connectivity index (χ4v) is 14.9. The molecular weight excluding hydrogens is 1670 g/mol. The molecule has 26 N–H and O–H groups in total. The van der Waals surface area contributed by atoms with Gasteiger partial charge in [0.2, 0.25) is 94.5 Å². The van der Waals surface area contributed by atoms with Crippen molar-refractivity contribution in [2.45, 2.75) is 261 Å². The molecular formula is C78H125N19O25S2. The molecule has 2 fully saturated rings. The highest BCUT2D eigenvalue weighted by molar-refractivity contribution is 8.00. The number of aromatic hydroxyl groups is 1. The zero-order valence-corrected chi connectivity index (χ0v) is 73.2. The number of phenolic OH excluding ortho intramolecular Hbond substituents is 1. The van der Waals surface area contributed by atoms with Crippen molar-refractivity contribution in [2.24, 2.45) is 51.6 Å².